The minimum absolute atomic E-state index is 0.216. The van der Waals surface area contributed by atoms with E-state index in [4.69, 9.17) is 13.9 Å². The van der Waals surface area contributed by atoms with E-state index in [1.165, 1.54) is 6.07 Å². The molecule has 1 fully saturated rings. The molecule has 32 heavy (non-hydrogen) atoms. The van der Waals surface area contributed by atoms with Crippen LogP contribution in [0.15, 0.2) is 63.8 Å². The first-order chi connectivity index (χ1) is 15.5. The molecule has 0 saturated carbocycles. The fourth-order valence-electron chi connectivity index (χ4n) is 3.87. The number of benzene rings is 2. The zero-order chi connectivity index (χ0) is 22.5. The van der Waals surface area contributed by atoms with Crippen molar-refractivity contribution in [3.05, 3.63) is 76.1 Å². The summed E-state index contributed by atoms with van der Waals surface area (Å²) in [4.78, 5) is 39.0. The van der Waals surface area contributed by atoms with Crippen molar-refractivity contribution < 1.29 is 23.5 Å². The van der Waals surface area contributed by atoms with Crippen LogP contribution < -0.4 is 10.4 Å². The average Bonchev–Trinajstić information content (AvgIpc) is 2.81. The van der Waals surface area contributed by atoms with Gasteiger partial charge in [-0.1, -0.05) is 30.3 Å². The topological polar surface area (TPSA) is 86.0 Å². The summed E-state index contributed by atoms with van der Waals surface area (Å²) >= 11 is 0. The summed E-state index contributed by atoms with van der Waals surface area (Å²) in [5.41, 5.74) is 1.35. The lowest BCUT2D eigenvalue weighted by molar-refractivity contribution is -0.163. The minimum atomic E-state index is -1.01. The van der Waals surface area contributed by atoms with E-state index in [2.05, 4.69) is 0 Å². The largest absolute Gasteiger partial charge is 0.482 e. The summed E-state index contributed by atoms with van der Waals surface area (Å²) < 4.78 is 16.3. The molecular formula is C25H25NO6. The highest BCUT2D eigenvalue weighted by molar-refractivity contribution is 5.85. The van der Waals surface area contributed by atoms with Gasteiger partial charge < -0.3 is 18.8 Å². The molecule has 166 valence electrons. The summed E-state index contributed by atoms with van der Waals surface area (Å²) in [6, 6.07) is 15.4. The molecule has 0 N–H and O–H groups in total. The van der Waals surface area contributed by atoms with Crippen LogP contribution in [-0.2, 0) is 14.3 Å². The first-order valence-corrected chi connectivity index (χ1v) is 10.7. The van der Waals surface area contributed by atoms with Crippen LogP contribution in [0.25, 0.3) is 11.0 Å². The van der Waals surface area contributed by atoms with Crippen LogP contribution in [0.5, 0.6) is 5.75 Å². The maximum atomic E-state index is 13.1. The van der Waals surface area contributed by atoms with Gasteiger partial charge in [-0.2, -0.15) is 0 Å². The van der Waals surface area contributed by atoms with Crippen LogP contribution in [-0.4, -0.2) is 36.5 Å². The Balaban J connectivity index is 1.46. The van der Waals surface area contributed by atoms with Crippen molar-refractivity contribution in [1.29, 1.82) is 0 Å². The summed E-state index contributed by atoms with van der Waals surface area (Å²) in [5.74, 6) is -0.510. The Morgan fingerprint density at radius 2 is 1.78 bits per heavy atom. The van der Waals surface area contributed by atoms with E-state index >= 15 is 0 Å². The lowest BCUT2D eigenvalue weighted by Crippen LogP contribution is -2.40. The van der Waals surface area contributed by atoms with E-state index in [0.29, 0.717) is 30.0 Å². The van der Waals surface area contributed by atoms with Crippen LogP contribution in [0.4, 0.5) is 0 Å². The molecule has 3 aromatic rings. The fourth-order valence-corrected chi connectivity index (χ4v) is 3.87. The third-order valence-corrected chi connectivity index (χ3v) is 5.52. The zero-order valence-corrected chi connectivity index (χ0v) is 17.9. The second kappa shape index (κ2) is 9.68. The van der Waals surface area contributed by atoms with Crippen molar-refractivity contribution in [3.8, 4) is 5.75 Å². The molecule has 0 bridgehead atoms. The van der Waals surface area contributed by atoms with E-state index in [1.807, 2.05) is 13.0 Å². The van der Waals surface area contributed by atoms with Gasteiger partial charge in [-0.25, -0.2) is 9.59 Å². The van der Waals surface area contributed by atoms with Gasteiger partial charge in [0.05, 0.1) is 0 Å². The van der Waals surface area contributed by atoms with Gasteiger partial charge in [0.2, 0.25) is 6.10 Å². The van der Waals surface area contributed by atoms with Gasteiger partial charge in [-0.05, 0) is 43.9 Å². The highest BCUT2D eigenvalue weighted by Crippen LogP contribution is 2.24. The highest BCUT2D eigenvalue weighted by Gasteiger charge is 2.30. The quantitative estimate of drug-likeness (QED) is 0.433. The number of carbonyl (C=O) groups is 2. The second-order valence-corrected chi connectivity index (χ2v) is 7.86. The van der Waals surface area contributed by atoms with Gasteiger partial charge in [-0.15, -0.1) is 0 Å². The second-order valence-electron chi connectivity index (χ2n) is 7.86. The summed E-state index contributed by atoms with van der Waals surface area (Å²) in [5, 5.41) is 0.788. The zero-order valence-electron chi connectivity index (χ0n) is 17.9. The number of esters is 1. The number of rotatable bonds is 6. The standard InChI is InChI=1S/C25H25NO6/c1-17-14-22(27)31-21-15-19(10-11-20(17)21)30-16-23(28)32-24(18-8-4-2-5-9-18)25(29)26-12-6-3-7-13-26/h2,4-5,8-11,14-15,24H,3,6-7,12-13,16H2,1H3. The molecule has 1 saturated heterocycles. The number of piperidine rings is 1. The lowest BCUT2D eigenvalue weighted by atomic mass is 10.1. The molecule has 0 radical (unpaired) electrons. The molecular weight excluding hydrogens is 410 g/mol. The molecule has 1 aromatic heterocycles. The predicted octanol–water partition coefficient (Wildman–Crippen LogP) is 3.78. The van der Waals surface area contributed by atoms with Gasteiger partial charge in [0.15, 0.2) is 6.61 Å². The maximum Gasteiger partial charge on any atom is 0.345 e. The first-order valence-electron chi connectivity index (χ1n) is 10.7. The third-order valence-electron chi connectivity index (χ3n) is 5.52. The molecule has 2 heterocycles. The number of likely N-dealkylation sites (tertiary alicyclic amines) is 1. The van der Waals surface area contributed by atoms with Gasteiger partial charge >= 0.3 is 11.6 Å². The lowest BCUT2D eigenvalue weighted by Gasteiger charge is -2.30. The SMILES string of the molecule is Cc1cc(=O)oc2cc(OCC(=O)OC(C(=O)N3CCCCC3)c3ccccc3)ccc12. The van der Waals surface area contributed by atoms with Crippen molar-refractivity contribution >= 4 is 22.8 Å². The number of amides is 1. The van der Waals surface area contributed by atoms with Crippen LogP contribution in [0.2, 0.25) is 0 Å². The predicted molar refractivity (Wildman–Crippen MR) is 118 cm³/mol. The number of hydrogen-bond acceptors (Lipinski definition) is 6. The van der Waals surface area contributed by atoms with Gasteiger partial charge in [0, 0.05) is 36.2 Å². The van der Waals surface area contributed by atoms with Crippen LogP contribution >= 0.6 is 0 Å². The van der Waals surface area contributed by atoms with Crippen LogP contribution in [0, 0.1) is 6.92 Å². The summed E-state index contributed by atoms with van der Waals surface area (Å²) in [7, 11) is 0. The molecule has 1 unspecified atom stereocenters. The molecule has 1 aliphatic rings. The average molecular weight is 435 g/mol. The number of fused-ring (bicyclic) bond motifs is 1. The van der Waals surface area contributed by atoms with E-state index < -0.39 is 17.7 Å². The van der Waals surface area contributed by atoms with Crippen molar-refractivity contribution in [3.63, 3.8) is 0 Å². The normalized spacial score (nSPS) is 14.7. The molecule has 2 aromatic carbocycles. The molecule has 0 spiro atoms. The number of nitrogens with zero attached hydrogens (tertiary/aromatic N) is 1. The number of ether oxygens (including phenoxy) is 2. The van der Waals surface area contributed by atoms with Crippen molar-refractivity contribution in [1.82, 2.24) is 4.90 Å². The Morgan fingerprint density at radius 1 is 1.03 bits per heavy atom. The summed E-state index contributed by atoms with van der Waals surface area (Å²) in [6.07, 6.45) is 1.98. The fraction of sp³-hybridized carbons (Fsp3) is 0.320. The van der Waals surface area contributed by atoms with E-state index in [1.54, 1.807) is 47.4 Å². The Labute approximate surface area is 185 Å². The van der Waals surface area contributed by atoms with Gasteiger partial charge in [0.25, 0.3) is 5.91 Å². The molecule has 7 nitrogen and oxygen atoms in total. The molecule has 4 rings (SSSR count). The van der Waals surface area contributed by atoms with Gasteiger partial charge in [-0.3, -0.25) is 4.79 Å². The van der Waals surface area contributed by atoms with E-state index in [9.17, 15) is 14.4 Å². The summed E-state index contributed by atoms with van der Waals surface area (Å²) in [6.45, 7) is 2.77. The molecule has 0 aliphatic carbocycles. The van der Waals surface area contributed by atoms with Crippen molar-refractivity contribution in [2.24, 2.45) is 0 Å². The molecule has 1 aliphatic heterocycles. The number of aryl methyl sites for hydroxylation is 1. The van der Waals surface area contributed by atoms with Crippen molar-refractivity contribution in [2.45, 2.75) is 32.3 Å². The van der Waals surface area contributed by atoms with E-state index in [0.717, 1.165) is 30.2 Å². The van der Waals surface area contributed by atoms with Crippen LogP contribution in [0.3, 0.4) is 0 Å². The molecule has 1 amide bonds. The molecule has 1 atom stereocenters. The first kappa shape index (κ1) is 21.6. The molecule has 7 heteroatoms. The Morgan fingerprint density at radius 3 is 2.53 bits per heavy atom. The minimum Gasteiger partial charge on any atom is -0.482 e. The van der Waals surface area contributed by atoms with E-state index in [-0.39, 0.29) is 12.5 Å². The number of hydrogen-bond donors (Lipinski definition) is 0. The highest BCUT2D eigenvalue weighted by atomic mass is 16.6. The maximum absolute atomic E-state index is 13.1. The Kier molecular flexibility index (Phi) is 6.54. The van der Waals surface area contributed by atoms with Gasteiger partial charge in [0.1, 0.15) is 11.3 Å². The Bertz CT molecular complexity index is 1160. The monoisotopic (exact) mass is 435 g/mol. The van der Waals surface area contributed by atoms with Crippen molar-refractivity contribution in [2.75, 3.05) is 19.7 Å². The smallest absolute Gasteiger partial charge is 0.345 e. The van der Waals surface area contributed by atoms with Crippen LogP contribution in [0.1, 0.15) is 36.5 Å². The third kappa shape index (κ3) is 4.99. The number of carbonyl (C=O) groups excluding carboxylic acids is 2. The Hall–Kier alpha value is -3.61.